The van der Waals surface area contributed by atoms with E-state index in [0.717, 1.165) is 28.4 Å². The molecule has 0 aliphatic carbocycles. The van der Waals surface area contributed by atoms with Crippen molar-refractivity contribution in [1.82, 2.24) is 9.55 Å². The van der Waals surface area contributed by atoms with Crippen molar-refractivity contribution in [2.24, 2.45) is 5.18 Å². The van der Waals surface area contributed by atoms with Crippen LogP contribution in [0.4, 0.5) is 0 Å². The summed E-state index contributed by atoms with van der Waals surface area (Å²) in [6, 6.07) is 4.06. The van der Waals surface area contributed by atoms with E-state index in [1.807, 2.05) is 45.3 Å². The van der Waals surface area contributed by atoms with Gasteiger partial charge in [-0.15, -0.1) is 0 Å². The number of allylic oxidation sites excluding steroid dienone is 5. The maximum Gasteiger partial charge on any atom is 0.108 e. The van der Waals surface area contributed by atoms with E-state index in [0.29, 0.717) is 0 Å². The van der Waals surface area contributed by atoms with Gasteiger partial charge in [0.05, 0.1) is 5.03 Å². The van der Waals surface area contributed by atoms with Gasteiger partial charge >= 0.3 is 0 Å². The van der Waals surface area contributed by atoms with Crippen LogP contribution in [0.2, 0.25) is 0 Å². The van der Waals surface area contributed by atoms with Crippen LogP contribution in [0.1, 0.15) is 84.2 Å². The summed E-state index contributed by atoms with van der Waals surface area (Å²) in [6.07, 6.45) is 11.2. The standard InChI is InChI=1S/C23H29N3OS.C3H8.C2H6/c1-7-9-17(4)22(16(3)8-2)28-23-18(5)21(14-25-27)19(6)26(23)15-20-10-12-24-13-11-20;1-3-2;1-2/h7-13H,14-15H2,1-6H3;3H2,1-2H3;1-2H3/b9-7+,16-8-,22-17+;;. The molecule has 0 radical (unpaired) electrons. The van der Waals surface area contributed by atoms with Crippen molar-refractivity contribution in [2.45, 2.75) is 93.8 Å². The molecule has 0 atom stereocenters. The first-order chi connectivity index (χ1) is 15.9. The summed E-state index contributed by atoms with van der Waals surface area (Å²) in [5.41, 5.74) is 6.89. The minimum Gasteiger partial charge on any atom is -0.335 e. The Kier molecular flexibility index (Phi) is 15.9. The average Bonchev–Trinajstić information content (AvgIpc) is 3.03. The van der Waals surface area contributed by atoms with Crippen LogP contribution in [-0.4, -0.2) is 9.55 Å². The number of hydrogen-bond acceptors (Lipinski definition) is 4. The molecule has 0 saturated heterocycles. The van der Waals surface area contributed by atoms with E-state index in [1.54, 1.807) is 11.8 Å². The highest BCUT2D eigenvalue weighted by Crippen LogP contribution is 2.40. The van der Waals surface area contributed by atoms with Gasteiger partial charge in [0.15, 0.2) is 0 Å². The van der Waals surface area contributed by atoms with Crippen molar-refractivity contribution >= 4 is 11.8 Å². The maximum atomic E-state index is 11.0. The largest absolute Gasteiger partial charge is 0.335 e. The highest BCUT2D eigenvalue weighted by atomic mass is 32.2. The van der Waals surface area contributed by atoms with Gasteiger partial charge in [0, 0.05) is 35.1 Å². The van der Waals surface area contributed by atoms with E-state index < -0.39 is 0 Å². The van der Waals surface area contributed by atoms with Gasteiger partial charge in [0.25, 0.3) is 0 Å². The lowest BCUT2D eigenvalue weighted by molar-refractivity contribution is 0.703. The fourth-order valence-corrected chi connectivity index (χ4v) is 4.52. The van der Waals surface area contributed by atoms with Gasteiger partial charge in [-0.3, -0.25) is 4.98 Å². The van der Waals surface area contributed by atoms with Crippen LogP contribution in [0.5, 0.6) is 0 Å². The summed E-state index contributed by atoms with van der Waals surface area (Å²) in [4.78, 5) is 16.4. The normalized spacial score (nSPS) is 11.9. The molecule has 5 heteroatoms. The zero-order valence-corrected chi connectivity index (χ0v) is 23.1. The quantitative estimate of drug-likeness (QED) is 0.220. The van der Waals surface area contributed by atoms with E-state index in [4.69, 9.17) is 0 Å². The van der Waals surface area contributed by atoms with Gasteiger partial charge < -0.3 is 4.57 Å². The molecule has 4 nitrogen and oxygen atoms in total. The third kappa shape index (κ3) is 9.17. The van der Waals surface area contributed by atoms with Crippen molar-refractivity contribution in [2.75, 3.05) is 0 Å². The van der Waals surface area contributed by atoms with E-state index in [-0.39, 0.29) is 6.54 Å². The summed E-state index contributed by atoms with van der Waals surface area (Å²) in [6.45, 7) is 21.7. The molecule has 2 aromatic heterocycles. The first-order valence-corrected chi connectivity index (χ1v) is 12.7. The Bertz CT molecular complexity index is 938. The molecule has 0 fully saturated rings. The minimum atomic E-state index is 0.198. The lowest BCUT2D eigenvalue weighted by atomic mass is 10.1. The summed E-state index contributed by atoms with van der Waals surface area (Å²) in [5.74, 6) is 0. The second-order valence-corrected chi connectivity index (χ2v) is 8.52. The van der Waals surface area contributed by atoms with Gasteiger partial charge in [-0.05, 0) is 75.9 Å². The number of nitrogens with zero attached hydrogens (tertiary/aromatic N) is 3. The van der Waals surface area contributed by atoms with Crippen LogP contribution in [-0.2, 0) is 13.1 Å². The van der Waals surface area contributed by atoms with Crippen molar-refractivity contribution in [3.8, 4) is 0 Å². The Hall–Kier alpha value is -2.40. The SMILES string of the molecule is CC.CCC.C\C=C(C)/C(Sc1c(C)c(CN=O)c(C)n1Cc1ccncc1)=C(C)\C=C\C. The number of hydrogen-bond donors (Lipinski definition) is 0. The highest BCUT2D eigenvalue weighted by molar-refractivity contribution is 8.03. The van der Waals surface area contributed by atoms with Crippen LogP contribution in [0.25, 0.3) is 0 Å². The molecule has 0 saturated carbocycles. The molecule has 2 heterocycles. The topological polar surface area (TPSA) is 47.2 Å². The molecule has 0 bridgehead atoms. The van der Waals surface area contributed by atoms with Crippen molar-refractivity contribution < 1.29 is 0 Å². The molecule has 0 aromatic carbocycles. The van der Waals surface area contributed by atoms with Crippen molar-refractivity contribution in [3.05, 3.63) is 86.1 Å². The minimum absolute atomic E-state index is 0.198. The predicted molar refractivity (Wildman–Crippen MR) is 147 cm³/mol. The molecular formula is C28H43N3OS. The zero-order chi connectivity index (χ0) is 25.4. The molecule has 2 rings (SSSR count). The Labute approximate surface area is 206 Å². The molecule has 0 amide bonds. The first-order valence-electron chi connectivity index (χ1n) is 11.9. The van der Waals surface area contributed by atoms with Gasteiger partial charge in [0.2, 0.25) is 0 Å². The van der Waals surface area contributed by atoms with E-state index in [2.05, 4.69) is 81.4 Å². The fourth-order valence-electron chi connectivity index (χ4n) is 3.23. The molecule has 0 aliphatic rings. The Morgan fingerprint density at radius 1 is 1.12 bits per heavy atom. The summed E-state index contributed by atoms with van der Waals surface area (Å²) < 4.78 is 2.29. The van der Waals surface area contributed by atoms with Crippen molar-refractivity contribution in [1.29, 1.82) is 0 Å². The first kappa shape index (κ1) is 30.6. The summed E-state index contributed by atoms with van der Waals surface area (Å²) in [7, 11) is 0. The number of nitroso groups, excluding NO2 is 1. The van der Waals surface area contributed by atoms with E-state index >= 15 is 0 Å². The summed E-state index contributed by atoms with van der Waals surface area (Å²) in [5, 5.41) is 4.33. The molecule has 0 unspecified atom stereocenters. The number of aromatic nitrogens is 2. The van der Waals surface area contributed by atoms with Crippen molar-refractivity contribution in [3.63, 3.8) is 0 Å². The Morgan fingerprint density at radius 3 is 2.18 bits per heavy atom. The second-order valence-electron chi connectivity index (χ2n) is 7.52. The molecule has 2 aromatic rings. The number of rotatable bonds is 8. The maximum absolute atomic E-state index is 11.0. The van der Waals surface area contributed by atoms with Gasteiger partial charge in [0.1, 0.15) is 6.54 Å². The molecule has 0 aliphatic heterocycles. The van der Waals surface area contributed by atoms with E-state index in [1.165, 1.54) is 28.0 Å². The van der Waals surface area contributed by atoms with Crippen LogP contribution >= 0.6 is 11.8 Å². The third-order valence-corrected chi connectivity index (χ3v) is 6.51. The fraction of sp³-hybridized carbons (Fsp3) is 0.464. The molecular weight excluding hydrogens is 426 g/mol. The molecule has 0 spiro atoms. The predicted octanol–water partition coefficient (Wildman–Crippen LogP) is 9.17. The van der Waals surface area contributed by atoms with Crippen LogP contribution in [0.15, 0.2) is 69.0 Å². The lowest BCUT2D eigenvalue weighted by Gasteiger charge is -2.16. The van der Waals surface area contributed by atoms with Crippen LogP contribution in [0, 0.1) is 18.8 Å². The van der Waals surface area contributed by atoms with Crippen LogP contribution < -0.4 is 0 Å². The second kappa shape index (κ2) is 17.1. The monoisotopic (exact) mass is 469 g/mol. The lowest BCUT2D eigenvalue weighted by Crippen LogP contribution is -2.04. The smallest absolute Gasteiger partial charge is 0.108 e. The van der Waals surface area contributed by atoms with Gasteiger partial charge in [-0.2, -0.15) is 4.91 Å². The summed E-state index contributed by atoms with van der Waals surface area (Å²) >= 11 is 1.77. The van der Waals surface area contributed by atoms with Crippen LogP contribution in [0.3, 0.4) is 0 Å². The molecule has 182 valence electrons. The van der Waals surface area contributed by atoms with Gasteiger partial charge in [-0.1, -0.05) is 69.3 Å². The van der Waals surface area contributed by atoms with Gasteiger partial charge in [-0.25, -0.2) is 0 Å². The third-order valence-electron chi connectivity index (χ3n) is 4.94. The number of thioether (sulfide) groups is 1. The number of pyridine rings is 1. The van der Waals surface area contributed by atoms with E-state index in [9.17, 15) is 4.91 Å². The Balaban J connectivity index is 0.00000189. The molecule has 33 heavy (non-hydrogen) atoms. The molecule has 0 N–H and O–H groups in total. The zero-order valence-electron chi connectivity index (χ0n) is 22.3. The Morgan fingerprint density at radius 2 is 1.70 bits per heavy atom. The average molecular weight is 470 g/mol. The highest BCUT2D eigenvalue weighted by Gasteiger charge is 2.20.